The number of hydrogen-bond donors (Lipinski definition) is 0. The first-order valence-electron chi connectivity index (χ1n) is 2.53. The molecule has 1 saturated heterocycles. The Bertz CT molecular complexity index is 160. The first-order valence-corrected chi connectivity index (χ1v) is 2.53. The van der Waals surface area contributed by atoms with Crippen molar-refractivity contribution in [3.05, 3.63) is 0 Å². The number of carbonyl (C=O) groups excluding carboxylic acids is 1. The highest BCUT2D eigenvalue weighted by Crippen LogP contribution is 2.07. The molecule has 1 atom stereocenters. The molecule has 0 aliphatic carbocycles. The van der Waals surface area contributed by atoms with E-state index in [1.54, 1.807) is 0 Å². The molecule has 1 unspecified atom stereocenters. The van der Waals surface area contributed by atoms with Gasteiger partial charge in [0, 0.05) is 0 Å². The lowest BCUT2D eigenvalue weighted by Gasteiger charge is -1.95. The van der Waals surface area contributed by atoms with E-state index < -0.39 is 6.16 Å². The molecule has 0 bridgehead atoms. The lowest BCUT2D eigenvalue weighted by Crippen LogP contribution is -2.07. The number of hydrogen-bond acceptors (Lipinski definition) is 4. The second-order valence-electron chi connectivity index (χ2n) is 1.66. The van der Waals surface area contributed by atoms with Crippen LogP contribution in [-0.2, 0) is 9.47 Å². The Morgan fingerprint density at radius 2 is 2.67 bits per heavy atom. The molecule has 0 N–H and O–H groups in total. The minimum Gasteiger partial charge on any atom is -0.430 e. The van der Waals surface area contributed by atoms with Gasteiger partial charge in [0.25, 0.3) is 0 Å². The van der Waals surface area contributed by atoms with Gasteiger partial charge in [-0.2, -0.15) is 5.26 Å². The van der Waals surface area contributed by atoms with Crippen LogP contribution in [0.15, 0.2) is 0 Å². The van der Waals surface area contributed by atoms with E-state index in [2.05, 4.69) is 9.47 Å². The van der Waals surface area contributed by atoms with Crippen LogP contribution >= 0.6 is 0 Å². The fourth-order valence-electron chi connectivity index (χ4n) is 0.568. The van der Waals surface area contributed by atoms with Gasteiger partial charge in [-0.15, -0.1) is 0 Å². The zero-order valence-electron chi connectivity index (χ0n) is 4.66. The third-order valence-electron chi connectivity index (χ3n) is 0.969. The summed E-state index contributed by atoms with van der Waals surface area (Å²) in [6.45, 7) is 0.215. The molecule has 0 amide bonds. The van der Waals surface area contributed by atoms with Crippen molar-refractivity contribution >= 4 is 6.16 Å². The van der Waals surface area contributed by atoms with Crippen molar-refractivity contribution in [3.63, 3.8) is 0 Å². The maximum atomic E-state index is 10.2. The van der Waals surface area contributed by atoms with Crippen LogP contribution in [-0.4, -0.2) is 18.9 Å². The molecule has 0 aromatic heterocycles. The molecular formula is C5H5NO3. The van der Waals surface area contributed by atoms with Gasteiger partial charge in [0.2, 0.25) is 0 Å². The number of rotatable bonds is 1. The number of nitriles is 1. The average Bonchev–Trinajstić information content (AvgIpc) is 2.17. The second-order valence-corrected chi connectivity index (χ2v) is 1.66. The van der Waals surface area contributed by atoms with E-state index in [4.69, 9.17) is 5.26 Å². The van der Waals surface area contributed by atoms with Crippen LogP contribution in [0.3, 0.4) is 0 Å². The second kappa shape index (κ2) is 2.35. The molecule has 1 aliphatic rings. The Hall–Kier alpha value is -1.24. The summed E-state index contributed by atoms with van der Waals surface area (Å²) in [7, 11) is 0. The van der Waals surface area contributed by atoms with Crippen LogP contribution < -0.4 is 0 Å². The Morgan fingerprint density at radius 1 is 1.89 bits per heavy atom. The van der Waals surface area contributed by atoms with E-state index >= 15 is 0 Å². The van der Waals surface area contributed by atoms with E-state index in [1.807, 2.05) is 6.07 Å². The summed E-state index contributed by atoms with van der Waals surface area (Å²) in [5.41, 5.74) is 0. The maximum Gasteiger partial charge on any atom is 0.508 e. The van der Waals surface area contributed by atoms with E-state index in [-0.39, 0.29) is 19.1 Å². The molecule has 0 spiro atoms. The minimum absolute atomic E-state index is 0.214. The van der Waals surface area contributed by atoms with Gasteiger partial charge in [-0.25, -0.2) is 4.79 Å². The molecule has 0 saturated carbocycles. The van der Waals surface area contributed by atoms with Crippen LogP contribution in [0, 0.1) is 11.3 Å². The van der Waals surface area contributed by atoms with E-state index in [0.29, 0.717) is 0 Å². The third kappa shape index (κ3) is 1.32. The molecule has 1 aliphatic heterocycles. The summed E-state index contributed by atoms with van der Waals surface area (Å²) in [6.07, 6.45) is -0.802. The molecule has 1 rings (SSSR count). The predicted molar refractivity (Wildman–Crippen MR) is 26.5 cm³/mol. The van der Waals surface area contributed by atoms with E-state index in [0.717, 1.165) is 0 Å². The lowest BCUT2D eigenvalue weighted by molar-refractivity contribution is 0.119. The molecule has 1 fully saturated rings. The SMILES string of the molecule is N#CCC1COC(=O)O1. The smallest absolute Gasteiger partial charge is 0.430 e. The van der Waals surface area contributed by atoms with Crippen molar-refractivity contribution in [2.45, 2.75) is 12.5 Å². The highest BCUT2D eigenvalue weighted by molar-refractivity contribution is 5.61. The van der Waals surface area contributed by atoms with Crippen molar-refractivity contribution in [1.29, 1.82) is 5.26 Å². The number of nitrogens with zero attached hydrogens (tertiary/aromatic N) is 1. The quantitative estimate of drug-likeness (QED) is 0.479. The van der Waals surface area contributed by atoms with Gasteiger partial charge in [-0.1, -0.05) is 0 Å². The van der Waals surface area contributed by atoms with Gasteiger partial charge < -0.3 is 9.47 Å². The van der Waals surface area contributed by atoms with Crippen LogP contribution in [0.1, 0.15) is 6.42 Å². The third-order valence-corrected chi connectivity index (χ3v) is 0.969. The van der Waals surface area contributed by atoms with E-state index in [1.165, 1.54) is 0 Å². The normalized spacial score (nSPS) is 24.3. The molecule has 9 heavy (non-hydrogen) atoms. The van der Waals surface area contributed by atoms with Crippen LogP contribution in [0.2, 0.25) is 0 Å². The topological polar surface area (TPSA) is 59.3 Å². The zero-order valence-corrected chi connectivity index (χ0v) is 4.66. The predicted octanol–water partition coefficient (Wildman–Crippen LogP) is 0.435. The van der Waals surface area contributed by atoms with Gasteiger partial charge >= 0.3 is 6.16 Å². The number of cyclic esters (lactones) is 2. The lowest BCUT2D eigenvalue weighted by atomic mass is 10.3. The van der Waals surface area contributed by atoms with Crippen molar-refractivity contribution in [2.75, 3.05) is 6.61 Å². The number of ether oxygens (including phenoxy) is 2. The van der Waals surface area contributed by atoms with Crippen LogP contribution in [0.5, 0.6) is 0 Å². The fourth-order valence-corrected chi connectivity index (χ4v) is 0.568. The summed E-state index contributed by atoms with van der Waals surface area (Å²) < 4.78 is 8.92. The summed E-state index contributed by atoms with van der Waals surface area (Å²) in [5.74, 6) is 0. The largest absolute Gasteiger partial charge is 0.508 e. The van der Waals surface area contributed by atoms with Gasteiger partial charge in [-0.3, -0.25) is 0 Å². The van der Waals surface area contributed by atoms with Gasteiger partial charge in [-0.05, 0) is 0 Å². The van der Waals surface area contributed by atoms with Crippen molar-refractivity contribution in [3.8, 4) is 6.07 Å². The first-order chi connectivity index (χ1) is 4.33. The standard InChI is InChI=1S/C5H5NO3/c6-2-1-4-3-8-5(7)9-4/h4H,1,3H2. The molecule has 1 heterocycles. The average molecular weight is 127 g/mol. The minimum atomic E-state index is -0.671. The van der Waals surface area contributed by atoms with Crippen molar-refractivity contribution in [1.82, 2.24) is 0 Å². The van der Waals surface area contributed by atoms with Gasteiger partial charge in [0.1, 0.15) is 6.61 Å². The molecule has 0 radical (unpaired) electrons. The molecular weight excluding hydrogens is 122 g/mol. The Morgan fingerprint density at radius 3 is 3.11 bits per heavy atom. The monoisotopic (exact) mass is 127 g/mol. The summed E-state index contributed by atoms with van der Waals surface area (Å²) in [5, 5.41) is 8.12. The fraction of sp³-hybridized carbons (Fsp3) is 0.600. The highest BCUT2D eigenvalue weighted by atomic mass is 16.8. The molecule has 4 heteroatoms. The zero-order chi connectivity index (χ0) is 6.69. The summed E-state index contributed by atoms with van der Waals surface area (Å²) in [4.78, 5) is 10.2. The van der Waals surface area contributed by atoms with Crippen LogP contribution in [0.25, 0.3) is 0 Å². The van der Waals surface area contributed by atoms with Gasteiger partial charge in [0.05, 0.1) is 12.5 Å². The Balaban J connectivity index is 2.32. The molecule has 0 aromatic rings. The molecule has 48 valence electrons. The Labute approximate surface area is 52.0 Å². The molecule has 0 aromatic carbocycles. The Kier molecular flexibility index (Phi) is 1.54. The van der Waals surface area contributed by atoms with Gasteiger partial charge in [0.15, 0.2) is 6.10 Å². The van der Waals surface area contributed by atoms with E-state index in [9.17, 15) is 4.79 Å². The highest BCUT2D eigenvalue weighted by Gasteiger charge is 2.23. The first kappa shape index (κ1) is 5.89. The number of carbonyl (C=O) groups is 1. The van der Waals surface area contributed by atoms with Crippen molar-refractivity contribution < 1.29 is 14.3 Å². The molecule has 4 nitrogen and oxygen atoms in total. The summed E-state index contributed by atoms with van der Waals surface area (Å²) >= 11 is 0. The van der Waals surface area contributed by atoms with Crippen molar-refractivity contribution in [2.24, 2.45) is 0 Å². The summed E-state index contributed by atoms with van der Waals surface area (Å²) in [6, 6.07) is 1.87. The van der Waals surface area contributed by atoms with Crippen LogP contribution in [0.4, 0.5) is 4.79 Å². The maximum absolute atomic E-state index is 10.2.